The maximum atomic E-state index is 13.8. The summed E-state index contributed by atoms with van der Waals surface area (Å²) in [6.07, 6.45) is 0. The lowest BCUT2D eigenvalue weighted by Crippen LogP contribution is -2.50. The molecule has 0 aromatic heterocycles. The number of rotatable bonds is 9. The molecule has 3 aromatic carbocycles. The quantitative estimate of drug-likeness (QED) is 0.449. The fraction of sp³-hybridized carbons (Fsp3) is 0.259. The molecule has 0 unspecified atom stereocenters. The summed E-state index contributed by atoms with van der Waals surface area (Å²) >= 11 is 6.34. The number of carbonyl (C=O) groups excluding carboxylic acids is 2. The van der Waals surface area contributed by atoms with E-state index < -0.39 is 28.5 Å². The van der Waals surface area contributed by atoms with E-state index >= 15 is 0 Å². The largest absolute Gasteiger partial charge is 0.357 e. The Balaban J connectivity index is 2.08. The van der Waals surface area contributed by atoms with Gasteiger partial charge in [-0.15, -0.1) is 0 Å². The number of aryl methyl sites for hydroxylation is 1. The maximum absolute atomic E-state index is 13.8. The molecule has 3 aromatic rings. The van der Waals surface area contributed by atoms with E-state index in [0.717, 1.165) is 15.4 Å². The van der Waals surface area contributed by atoms with Gasteiger partial charge in [0.1, 0.15) is 12.6 Å². The van der Waals surface area contributed by atoms with Crippen molar-refractivity contribution in [1.29, 1.82) is 0 Å². The van der Waals surface area contributed by atoms with Crippen LogP contribution in [0, 0.1) is 13.8 Å². The van der Waals surface area contributed by atoms with Gasteiger partial charge >= 0.3 is 0 Å². The second-order valence-corrected chi connectivity index (χ2v) is 10.7. The van der Waals surface area contributed by atoms with Crippen LogP contribution in [0.4, 0.5) is 5.69 Å². The highest BCUT2D eigenvalue weighted by Gasteiger charge is 2.33. The topological polar surface area (TPSA) is 86.8 Å². The number of carbonyl (C=O) groups is 2. The van der Waals surface area contributed by atoms with Crippen molar-refractivity contribution in [3.8, 4) is 0 Å². The van der Waals surface area contributed by atoms with Crippen LogP contribution in [0.3, 0.4) is 0 Å². The molecule has 9 heteroatoms. The van der Waals surface area contributed by atoms with Crippen molar-refractivity contribution in [2.45, 2.75) is 38.3 Å². The molecular formula is C27H30ClN3O4S. The van der Waals surface area contributed by atoms with Gasteiger partial charge < -0.3 is 10.2 Å². The number of amides is 2. The van der Waals surface area contributed by atoms with Gasteiger partial charge in [0, 0.05) is 18.6 Å². The zero-order valence-corrected chi connectivity index (χ0v) is 22.3. The molecule has 0 saturated carbocycles. The number of hydrogen-bond acceptors (Lipinski definition) is 4. The molecule has 190 valence electrons. The van der Waals surface area contributed by atoms with Crippen LogP contribution in [0.25, 0.3) is 0 Å². The Morgan fingerprint density at radius 1 is 0.944 bits per heavy atom. The Bertz CT molecular complexity index is 1350. The summed E-state index contributed by atoms with van der Waals surface area (Å²) in [7, 11) is -2.61. The van der Waals surface area contributed by atoms with E-state index in [2.05, 4.69) is 5.32 Å². The molecule has 0 radical (unpaired) electrons. The summed E-state index contributed by atoms with van der Waals surface area (Å²) < 4.78 is 28.7. The first-order valence-corrected chi connectivity index (χ1v) is 13.3. The van der Waals surface area contributed by atoms with Gasteiger partial charge in [-0.05, 0) is 61.7 Å². The van der Waals surface area contributed by atoms with Crippen molar-refractivity contribution >= 4 is 39.1 Å². The molecule has 0 spiro atoms. The van der Waals surface area contributed by atoms with E-state index in [0.29, 0.717) is 16.3 Å². The minimum atomic E-state index is -4.10. The molecule has 0 heterocycles. The molecule has 0 saturated heterocycles. The molecule has 7 nitrogen and oxygen atoms in total. The van der Waals surface area contributed by atoms with Crippen LogP contribution in [-0.4, -0.2) is 44.8 Å². The molecular weight excluding hydrogens is 498 g/mol. The number of halogens is 1. The van der Waals surface area contributed by atoms with Gasteiger partial charge in [-0.25, -0.2) is 8.42 Å². The molecule has 0 bridgehead atoms. The third-order valence-corrected chi connectivity index (χ3v) is 8.31. The Morgan fingerprint density at radius 2 is 1.58 bits per heavy atom. The minimum absolute atomic E-state index is 0.0408. The molecule has 0 aliphatic carbocycles. The molecule has 0 aliphatic rings. The second kappa shape index (κ2) is 11.6. The van der Waals surface area contributed by atoms with Crippen LogP contribution in [-0.2, 0) is 26.2 Å². The standard InChI is InChI=1S/C27H30ClN3O4S/c1-19-11-10-16-25(20(19)2)31(36(34,35)23-13-6-5-7-14-23)18-26(32)30(21(3)27(33)29-4)17-22-12-8-9-15-24(22)28/h5-16,21H,17-18H2,1-4H3,(H,29,33)/t21-/m0/s1. The van der Waals surface area contributed by atoms with Crippen molar-refractivity contribution in [3.05, 3.63) is 94.5 Å². The fourth-order valence-electron chi connectivity index (χ4n) is 3.84. The van der Waals surface area contributed by atoms with Crippen molar-refractivity contribution in [3.63, 3.8) is 0 Å². The highest BCUT2D eigenvalue weighted by molar-refractivity contribution is 7.92. The van der Waals surface area contributed by atoms with Crippen molar-refractivity contribution in [2.24, 2.45) is 0 Å². The number of nitrogens with one attached hydrogen (secondary N) is 1. The lowest BCUT2D eigenvalue weighted by atomic mass is 10.1. The third-order valence-electron chi connectivity index (χ3n) is 6.17. The predicted molar refractivity (Wildman–Crippen MR) is 142 cm³/mol. The van der Waals surface area contributed by atoms with E-state index in [4.69, 9.17) is 11.6 Å². The third kappa shape index (κ3) is 5.88. The maximum Gasteiger partial charge on any atom is 0.264 e. The first-order chi connectivity index (χ1) is 17.1. The number of sulfonamides is 1. The summed E-state index contributed by atoms with van der Waals surface area (Å²) in [6.45, 7) is 4.84. The number of hydrogen-bond donors (Lipinski definition) is 1. The summed E-state index contributed by atoms with van der Waals surface area (Å²) in [5.74, 6) is -0.911. The molecule has 0 fully saturated rings. The van der Waals surface area contributed by atoms with Gasteiger partial charge in [0.2, 0.25) is 11.8 Å². The first-order valence-electron chi connectivity index (χ1n) is 11.5. The van der Waals surface area contributed by atoms with E-state index in [1.165, 1.54) is 24.1 Å². The van der Waals surface area contributed by atoms with Gasteiger partial charge in [0.15, 0.2) is 0 Å². The SMILES string of the molecule is CNC(=O)[C@H](C)N(Cc1ccccc1Cl)C(=O)CN(c1cccc(C)c1C)S(=O)(=O)c1ccccc1. The average Bonchev–Trinajstić information content (AvgIpc) is 2.88. The average molecular weight is 528 g/mol. The minimum Gasteiger partial charge on any atom is -0.357 e. The second-order valence-electron chi connectivity index (χ2n) is 8.45. The van der Waals surface area contributed by atoms with E-state index in [1.807, 2.05) is 19.9 Å². The smallest absolute Gasteiger partial charge is 0.264 e. The molecule has 3 rings (SSSR count). The molecule has 2 amide bonds. The van der Waals surface area contributed by atoms with Crippen LogP contribution in [0.5, 0.6) is 0 Å². The molecule has 36 heavy (non-hydrogen) atoms. The van der Waals surface area contributed by atoms with Crippen molar-refractivity contribution < 1.29 is 18.0 Å². The number of likely N-dealkylation sites (N-methyl/N-ethyl adjacent to an activating group) is 1. The van der Waals surface area contributed by atoms with Crippen LogP contribution in [0.1, 0.15) is 23.6 Å². The highest BCUT2D eigenvalue weighted by Crippen LogP contribution is 2.29. The lowest BCUT2D eigenvalue weighted by molar-refractivity contribution is -0.139. The lowest BCUT2D eigenvalue weighted by Gasteiger charge is -2.32. The van der Waals surface area contributed by atoms with Gasteiger partial charge in [-0.2, -0.15) is 0 Å². The van der Waals surface area contributed by atoms with Crippen molar-refractivity contribution in [2.75, 3.05) is 17.9 Å². The predicted octanol–water partition coefficient (Wildman–Crippen LogP) is 4.32. The first kappa shape index (κ1) is 27.2. The number of benzene rings is 3. The monoisotopic (exact) mass is 527 g/mol. The van der Waals surface area contributed by atoms with Crippen molar-refractivity contribution in [1.82, 2.24) is 10.2 Å². The Hall–Kier alpha value is -3.36. The summed E-state index contributed by atoms with van der Waals surface area (Å²) in [6, 6.07) is 19.5. The molecule has 1 atom stereocenters. The zero-order chi connectivity index (χ0) is 26.5. The Kier molecular flexibility index (Phi) is 8.76. The number of nitrogens with zero attached hydrogens (tertiary/aromatic N) is 2. The Labute approximate surface area is 217 Å². The van der Waals surface area contributed by atoms with Gasteiger partial charge in [0.25, 0.3) is 10.0 Å². The van der Waals surface area contributed by atoms with E-state index in [9.17, 15) is 18.0 Å². The Morgan fingerprint density at radius 3 is 2.22 bits per heavy atom. The van der Waals surface area contributed by atoms with Crippen LogP contribution in [0.2, 0.25) is 5.02 Å². The number of anilines is 1. The van der Waals surface area contributed by atoms with Crippen LogP contribution < -0.4 is 9.62 Å². The van der Waals surface area contributed by atoms with Crippen LogP contribution >= 0.6 is 11.6 Å². The van der Waals surface area contributed by atoms with E-state index in [1.54, 1.807) is 61.5 Å². The molecule has 0 aliphatic heterocycles. The van der Waals surface area contributed by atoms with Gasteiger partial charge in [-0.1, -0.05) is 60.1 Å². The molecule has 1 N–H and O–H groups in total. The van der Waals surface area contributed by atoms with E-state index in [-0.39, 0.29) is 17.3 Å². The summed E-state index contributed by atoms with van der Waals surface area (Å²) in [5.41, 5.74) is 2.67. The normalized spacial score (nSPS) is 12.0. The van der Waals surface area contributed by atoms with Gasteiger partial charge in [0.05, 0.1) is 10.6 Å². The zero-order valence-electron chi connectivity index (χ0n) is 20.7. The highest BCUT2D eigenvalue weighted by atomic mass is 35.5. The van der Waals surface area contributed by atoms with Gasteiger partial charge in [-0.3, -0.25) is 13.9 Å². The summed E-state index contributed by atoms with van der Waals surface area (Å²) in [5, 5.41) is 3.01. The van der Waals surface area contributed by atoms with Crippen LogP contribution in [0.15, 0.2) is 77.7 Å². The summed E-state index contributed by atoms with van der Waals surface area (Å²) in [4.78, 5) is 27.7. The fourth-order valence-corrected chi connectivity index (χ4v) is 5.53.